The topological polar surface area (TPSA) is 69.2 Å². The van der Waals surface area contributed by atoms with Crippen molar-refractivity contribution in [2.75, 3.05) is 20.8 Å². The van der Waals surface area contributed by atoms with E-state index in [1.807, 2.05) is 24.3 Å². The Labute approximate surface area is 167 Å². The summed E-state index contributed by atoms with van der Waals surface area (Å²) in [6, 6.07) is 11.2. The number of hydrogen-bond acceptors (Lipinski definition) is 5. The van der Waals surface area contributed by atoms with Crippen molar-refractivity contribution >= 4 is 27.5 Å². The summed E-state index contributed by atoms with van der Waals surface area (Å²) in [6.07, 6.45) is 0.933. The van der Waals surface area contributed by atoms with Gasteiger partial charge in [-0.15, -0.1) is 0 Å². The summed E-state index contributed by atoms with van der Waals surface area (Å²) in [4.78, 5) is 12.0. The molecule has 2 rings (SSSR count). The first-order valence-electron chi connectivity index (χ1n) is 8.45. The lowest BCUT2D eigenvalue weighted by Gasteiger charge is -2.11. The SMILES string of the molecule is CCc1ccc(OCC(=O)N/N=C(\C)c2ccc(OC)cc2OC)c(Br)c1. The van der Waals surface area contributed by atoms with Crippen molar-refractivity contribution in [2.24, 2.45) is 5.10 Å². The van der Waals surface area contributed by atoms with Gasteiger partial charge >= 0.3 is 0 Å². The van der Waals surface area contributed by atoms with E-state index in [1.54, 1.807) is 33.3 Å². The highest BCUT2D eigenvalue weighted by molar-refractivity contribution is 9.10. The summed E-state index contributed by atoms with van der Waals surface area (Å²) >= 11 is 3.45. The van der Waals surface area contributed by atoms with Crippen molar-refractivity contribution in [1.29, 1.82) is 0 Å². The highest BCUT2D eigenvalue weighted by atomic mass is 79.9. The molecule has 0 fully saturated rings. The quantitative estimate of drug-likeness (QED) is 0.504. The highest BCUT2D eigenvalue weighted by Gasteiger charge is 2.10. The Kier molecular flexibility index (Phi) is 7.67. The van der Waals surface area contributed by atoms with Crippen LogP contribution in [0.5, 0.6) is 17.2 Å². The van der Waals surface area contributed by atoms with Crippen LogP contribution in [0.25, 0.3) is 0 Å². The molecule has 1 N–H and O–H groups in total. The number of halogens is 1. The van der Waals surface area contributed by atoms with E-state index in [1.165, 1.54) is 5.56 Å². The van der Waals surface area contributed by atoms with E-state index < -0.39 is 0 Å². The Morgan fingerprint density at radius 2 is 1.89 bits per heavy atom. The van der Waals surface area contributed by atoms with Gasteiger partial charge in [-0.1, -0.05) is 13.0 Å². The normalized spacial score (nSPS) is 11.1. The average molecular weight is 435 g/mol. The minimum Gasteiger partial charge on any atom is -0.497 e. The molecule has 0 heterocycles. The molecule has 1 amide bonds. The van der Waals surface area contributed by atoms with Crippen LogP contribution in [-0.4, -0.2) is 32.4 Å². The molecule has 0 bridgehead atoms. The van der Waals surface area contributed by atoms with Crippen LogP contribution < -0.4 is 19.6 Å². The summed E-state index contributed by atoms with van der Waals surface area (Å²) in [7, 11) is 3.16. The molecule has 0 aliphatic rings. The number of carbonyl (C=O) groups excluding carboxylic acids is 1. The number of aryl methyl sites for hydroxylation is 1. The monoisotopic (exact) mass is 434 g/mol. The Morgan fingerprint density at radius 1 is 1.11 bits per heavy atom. The Hall–Kier alpha value is -2.54. The van der Waals surface area contributed by atoms with Gasteiger partial charge in [-0.2, -0.15) is 5.10 Å². The van der Waals surface area contributed by atoms with E-state index in [-0.39, 0.29) is 12.5 Å². The number of amides is 1. The van der Waals surface area contributed by atoms with Gasteiger partial charge in [0.25, 0.3) is 5.91 Å². The zero-order valence-electron chi connectivity index (χ0n) is 15.8. The molecule has 0 atom stereocenters. The number of rotatable bonds is 8. The van der Waals surface area contributed by atoms with Crippen LogP contribution in [0.15, 0.2) is 46.0 Å². The lowest BCUT2D eigenvalue weighted by atomic mass is 10.1. The molecular formula is C20H23BrN2O4. The average Bonchev–Trinajstić information content (AvgIpc) is 2.70. The minimum absolute atomic E-state index is 0.138. The number of hydrazone groups is 1. The largest absolute Gasteiger partial charge is 0.497 e. The molecular weight excluding hydrogens is 412 g/mol. The van der Waals surface area contributed by atoms with Gasteiger partial charge in [-0.05, 0) is 59.1 Å². The summed E-state index contributed by atoms with van der Waals surface area (Å²) in [5, 5.41) is 4.13. The zero-order chi connectivity index (χ0) is 19.8. The van der Waals surface area contributed by atoms with Crippen LogP contribution >= 0.6 is 15.9 Å². The Morgan fingerprint density at radius 3 is 2.52 bits per heavy atom. The fourth-order valence-corrected chi connectivity index (χ4v) is 2.90. The third-order valence-corrected chi connectivity index (χ3v) is 4.53. The number of hydrogen-bond donors (Lipinski definition) is 1. The van der Waals surface area contributed by atoms with Crippen molar-refractivity contribution in [2.45, 2.75) is 20.3 Å². The lowest BCUT2D eigenvalue weighted by molar-refractivity contribution is -0.123. The lowest BCUT2D eigenvalue weighted by Crippen LogP contribution is -2.25. The molecule has 2 aromatic carbocycles. The minimum atomic E-state index is -0.353. The third-order valence-electron chi connectivity index (χ3n) is 3.91. The van der Waals surface area contributed by atoms with E-state index in [0.29, 0.717) is 23.0 Å². The number of nitrogens with zero attached hydrogens (tertiary/aromatic N) is 1. The molecule has 0 saturated heterocycles. The van der Waals surface area contributed by atoms with Crippen LogP contribution in [0.3, 0.4) is 0 Å². The highest BCUT2D eigenvalue weighted by Crippen LogP contribution is 2.26. The summed E-state index contributed by atoms with van der Waals surface area (Å²) in [5.41, 5.74) is 5.05. The standard InChI is InChI=1S/C20H23BrN2O4/c1-5-14-6-9-18(17(21)10-14)27-12-20(24)23-22-13(2)16-8-7-15(25-3)11-19(16)26-4/h6-11H,5,12H2,1-4H3,(H,23,24)/b22-13+. The van der Waals surface area contributed by atoms with Crippen LogP contribution in [0.4, 0.5) is 0 Å². The fourth-order valence-electron chi connectivity index (χ4n) is 2.36. The number of carbonyl (C=O) groups is 1. The molecule has 0 aliphatic heterocycles. The van der Waals surface area contributed by atoms with Gasteiger partial charge in [0.05, 0.1) is 24.4 Å². The van der Waals surface area contributed by atoms with Crippen molar-refractivity contribution in [3.8, 4) is 17.2 Å². The van der Waals surface area contributed by atoms with Crippen molar-refractivity contribution in [3.05, 3.63) is 52.0 Å². The molecule has 0 aromatic heterocycles. The Balaban J connectivity index is 1.98. The van der Waals surface area contributed by atoms with Gasteiger partial charge in [-0.25, -0.2) is 5.43 Å². The molecule has 144 valence electrons. The van der Waals surface area contributed by atoms with E-state index in [2.05, 4.69) is 33.4 Å². The summed E-state index contributed by atoms with van der Waals surface area (Å²) in [6.45, 7) is 3.72. The first kappa shape index (κ1) is 20.8. The van der Waals surface area contributed by atoms with Crippen molar-refractivity contribution in [1.82, 2.24) is 5.43 Å². The van der Waals surface area contributed by atoms with Crippen LogP contribution in [-0.2, 0) is 11.2 Å². The molecule has 7 heteroatoms. The molecule has 0 radical (unpaired) electrons. The second-order valence-electron chi connectivity index (χ2n) is 5.71. The molecule has 27 heavy (non-hydrogen) atoms. The second-order valence-corrected chi connectivity index (χ2v) is 6.56. The molecule has 0 unspecified atom stereocenters. The second kappa shape index (κ2) is 9.97. The van der Waals surface area contributed by atoms with E-state index in [0.717, 1.165) is 16.5 Å². The molecule has 6 nitrogen and oxygen atoms in total. The molecule has 0 spiro atoms. The fraction of sp³-hybridized carbons (Fsp3) is 0.300. The molecule has 2 aromatic rings. The maximum absolute atomic E-state index is 12.0. The van der Waals surface area contributed by atoms with Crippen LogP contribution in [0.2, 0.25) is 0 Å². The third kappa shape index (κ3) is 5.72. The maximum atomic E-state index is 12.0. The van der Waals surface area contributed by atoms with Gasteiger partial charge in [0.1, 0.15) is 17.2 Å². The first-order chi connectivity index (χ1) is 13.0. The smallest absolute Gasteiger partial charge is 0.277 e. The van der Waals surface area contributed by atoms with E-state index >= 15 is 0 Å². The predicted molar refractivity (Wildman–Crippen MR) is 109 cm³/mol. The maximum Gasteiger partial charge on any atom is 0.277 e. The number of nitrogens with one attached hydrogen (secondary N) is 1. The molecule has 0 saturated carbocycles. The van der Waals surface area contributed by atoms with Gasteiger partial charge < -0.3 is 14.2 Å². The van der Waals surface area contributed by atoms with E-state index in [4.69, 9.17) is 14.2 Å². The molecule has 0 aliphatic carbocycles. The summed E-state index contributed by atoms with van der Waals surface area (Å²) < 4.78 is 16.9. The zero-order valence-corrected chi connectivity index (χ0v) is 17.4. The first-order valence-corrected chi connectivity index (χ1v) is 9.24. The Bertz CT molecular complexity index is 837. The van der Waals surface area contributed by atoms with E-state index in [9.17, 15) is 4.79 Å². The van der Waals surface area contributed by atoms with Crippen LogP contribution in [0, 0.1) is 0 Å². The van der Waals surface area contributed by atoms with Crippen molar-refractivity contribution < 1.29 is 19.0 Å². The number of benzene rings is 2. The van der Waals surface area contributed by atoms with Gasteiger partial charge in [0.2, 0.25) is 0 Å². The predicted octanol–water partition coefficient (Wildman–Crippen LogP) is 3.95. The van der Waals surface area contributed by atoms with Gasteiger partial charge in [0, 0.05) is 11.6 Å². The van der Waals surface area contributed by atoms with Crippen LogP contribution in [0.1, 0.15) is 25.0 Å². The van der Waals surface area contributed by atoms with Gasteiger partial charge in [-0.3, -0.25) is 4.79 Å². The number of methoxy groups -OCH3 is 2. The summed E-state index contributed by atoms with van der Waals surface area (Å²) in [5.74, 6) is 1.55. The van der Waals surface area contributed by atoms with Gasteiger partial charge in [0.15, 0.2) is 6.61 Å². The van der Waals surface area contributed by atoms with Crippen molar-refractivity contribution in [3.63, 3.8) is 0 Å². The number of ether oxygens (including phenoxy) is 3.